The Bertz CT molecular complexity index is 213. The van der Waals surface area contributed by atoms with E-state index in [9.17, 15) is 4.79 Å². The SMILES string of the molecule is CC(C)[C@@H]1CC[C@H](C)CC1OCC(=O)O. The van der Waals surface area contributed by atoms with Gasteiger partial charge in [-0.1, -0.05) is 27.2 Å². The van der Waals surface area contributed by atoms with Crippen LogP contribution in [0, 0.1) is 17.8 Å². The van der Waals surface area contributed by atoms with E-state index in [0.717, 1.165) is 6.42 Å². The molecule has 0 aromatic rings. The van der Waals surface area contributed by atoms with E-state index in [4.69, 9.17) is 9.84 Å². The standard InChI is InChI=1S/C12H22O3/c1-8(2)10-5-4-9(3)6-11(10)15-7-12(13)14/h8-11H,4-7H2,1-3H3,(H,13,14)/t9-,10-,11?/m0/s1. The molecule has 0 bridgehead atoms. The largest absolute Gasteiger partial charge is 0.480 e. The maximum absolute atomic E-state index is 10.5. The van der Waals surface area contributed by atoms with Crippen molar-refractivity contribution in [3.05, 3.63) is 0 Å². The zero-order chi connectivity index (χ0) is 11.4. The van der Waals surface area contributed by atoms with Crippen LogP contribution in [0.2, 0.25) is 0 Å². The van der Waals surface area contributed by atoms with Crippen molar-refractivity contribution in [1.29, 1.82) is 0 Å². The molecule has 3 atom stereocenters. The summed E-state index contributed by atoms with van der Waals surface area (Å²) in [5.74, 6) is 0.909. The van der Waals surface area contributed by atoms with Gasteiger partial charge in [0.2, 0.25) is 0 Å². The highest BCUT2D eigenvalue weighted by atomic mass is 16.5. The highest BCUT2D eigenvalue weighted by Crippen LogP contribution is 2.35. The highest BCUT2D eigenvalue weighted by Gasteiger charge is 2.31. The molecule has 0 saturated heterocycles. The minimum Gasteiger partial charge on any atom is -0.480 e. The van der Waals surface area contributed by atoms with Crippen LogP contribution >= 0.6 is 0 Å². The summed E-state index contributed by atoms with van der Waals surface area (Å²) in [7, 11) is 0. The molecule has 1 N–H and O–H groups in total. The summed E-state index contributed by atoms with van der Waals surface area (Å²) in [4.78, 5) is 10.5. The van der Waals surface area contributed by atoms with Crippen LogP contribution in [0.1, 0.15) is 40.0 Å². The van der Waals surface area contributed by atoms with E-state index >= 15 is 0 Å². The van der Waals surface area contributed by atoms with Gasteiger partial charge in [0.05, 0.1) is 6.10 Å². The summed E-state index contributed by atoms with van der Waals surface area (Å²) in [6.45, 7) is 6.45. The fourth-order valence-electron chi connectivity index (χ4n) is 2.48. The Hall–Kier alpha value is -0.570. The topological polar surface area (TPSA) is 46.5 Å². The Labute approximate surface area is 91.8 Å². The number of hydrogen-bond donors (Lipinski definition) is 1. The Kier molecular flexibility index (Phi) is 4.58. The van der Waals surface area contributed by atoms with Crippen molar-refractivity contribution in [3.8, 4) is 0 Å². The lowest BCUT2D eigenvalue weighted by molar-refractivity contribution is -0.147. The number of ether oxygens (including phenoxy) is 1. The molecule has 1 aliphatic carbocycles. The highest BCUT2D eigenvalue weighted by molar-refractivity contribution is 5.68. The van der Waals surface area contributed by atoms with Gasteiger partial charge in [-0.3, -0.25) is 0 Å². The molecule has 1 rings (SSSR count). The number of carboxylic acids is 1. The second-order valence-corrected chi connectivity index (χ2v) is 5.07. The fourth-order valence-corrected chi connectivity index (χ4v) is 2.48. The number of carboxylic acid groups (broad SMARTS) is 1. The van der Waals surface area contributed by atoms with Crippen molar-refractivity contribution >= 4 is 5.97 Å². The molecule has 1 unspecified atom stereocenters. The third kappa shape index (κ3) is 3.82. The molecule has 88 valence electrons. The monoisotopic (exact) mass is 214 g/mol. The van der Waals surface area contributed by atoms with Crippen LogP contribution < -0.4 is 0 Å². The molecule has 0 radical (unpaired) electrons. The van der Waals surface area contributed by atoms with Crippen LogP contribution in [0.3, 0.4) is 0 Å². The second-order valence-electron chi connectivity index (χ2n) is 5.07. The summed E-state index contributed by atoms with van der Waals surface area (Å²) < 4.78 is 5.49. The molecular weight excluding hydrogens is 192 g/mol. The van der Waals surface area contributed by atoms with Crippen molar-refractivity contribution in [3.63, 3.8) is 0 Å². The summed E-state index contributed by atoms with van der Waals surface area (Å²) in [6, 6.07) is 0. The van der Waals surface area contributed by atoms with Gasteiger partial charge in [0.15, 0.2) is 0 Å². The van der Waals surface area contributed by atoms with Crippen LogP contribution in [0.25, 0.3) is 0 Å². The van der Waals surface area contributed by atoms with Crippen molar-refractivity contribution in [2.75, 3.05) is 6.61 Å². The van der Waals surface area contributed by atoms with Gasteiger partial charge in [0.1, 0.15) is 6.61 Å². The quantitative estimate of drug-likeness (QED) is 0.782. The molecule has 3 heteroatoms. The molecule has 0 spiro atoms. The molecule has 0 aromatic carbocycles. The molecule has 0 amide bonds. The minimum atomic E-state index is -0.865. The second kappa shape index (κ2) is 5.50. The van der Waals surface area contributed by atoms with Gasteiger partial charge in [0.25, 0.3) is 0 Å². The molecule has 1 aliphatic rings. The zero-order valence-electron chi connectivity index (χ0n) is 9.90. The summed E-state index contributed by atoms with van der Waals surface area (Å²) in [5, 5.41) is 8.61. The van der Waals surface area contributed by atoms with Crippen molar-refractivity contribution in [1.82, 2.24) is 0 Å². The Balaban J connectivity index is 2.50. The van der Waals surface area contributed by atoms with Crippen LogP contribution in [0.15, 0.2) is 0 Å². The molecule has 0 aliphatic heterocycles. The van der Waals surface area contributed by atoms with Gasteiger partial charge in [-0.05, 0) is 30.6 Å². The average Bonchev–Trinajstić information content (AvgIpc) is 2.14. The first-order valence-electron chi connectivity index (χ1n) is 5.84. The number of carbonyl (C=O) groups is 1. The normalized spacial score (nSPS) is 31.9. The zero-order valence-corrected chi connectivity index (χ0v) is 9.90. The van der Waals surface area contributed by atoms with Crippen molar-refractivity contribution in [2.45, 2.75) is 46.1 Å². The van der Waals surface area contributed by atoms with Crippen molar-refractivity contribution in [2.24, 2.45) is 17.8 Å². The first-order valence-corrected chi connectivity index (χ1v) is 5.84. The van der Waals surface area contributed by atoms with E-state index < -0.39 is 5.97 Å². The van der Waals surface area contributed by atoms with Gasteiger partial charge in [-0.15, -0.1) is 0 Å². The summed E-state index contributed by atoms with van der Waals surface area (Å²) in [6.07, 6.45) is 3.57. The number of hydrogen-bond acceptors (Lipinski definition) is 2. The number of rotatable bonds is 4. The summed E-state index contributed by atoms with van der Waals surface area (Å²) in [5.41, 5.74) is 0. The lowest BCUT2D eigenvalue weighted by Crippen LogP contribution is -2.35. The third-order valence-electron chi connectivity index (χ3n) is 3.38. The molecule has 0 aromatic heterocycles. The maximum Gasteiger partial charge on any atom is 0.329 e. The van der Waals surface area contributed by atoms with E-state index in [-0.39, 0.29) is 12.7 Å². The average molecular weight is 214 g/mol. The van der Waals surface area contributed by atoms with E-state index in [1.807, 2.05) is 0 Å². The van der Waals surface area contributed by atoms with Gasteiger partial charge in [0, 0.05) is 0 Å². The maximum atomic E-state index is 10.5. The smallest absolute Gasteiger partial charge is 0.329 e. The van der Waals surface area contributed by atoms with E-state index in [2.05, 4.69) is 20.8 Å². The van der Waals surface area contributed by atoms with Gasteiger partial charge in [-0.2, -0.15) is 0 Å². The lowest BCUT2D eigenvalue weighted by Gasteiger charge is -2.36. The molecule has 1 fully saturated rings. The molecule has 15 heavy (non-hydrogen) atoms. The van der Waals surface area contributed by atoms with E-state index in [0.29, 0.717) is 17.8 Å². The molecule has 3 nitrogen and oxygen atoms in total. The first kappa shape index (κ1) is 12.5. The number of aliphatic carboxylic acids is 1. The predicted molar refractivity (Wildman–Crippen MR) is 58.7 cm³/mol. The van der Waals surface area contributed by atoms with Crippen LogP contribution in [-0.4, -0.2) is 23.8 Å². The van der Waals surface area contributed by atoms with Crippen LogP contribution in [-0.2, 0) is 9.53 Å². The van der Waals surface area contributed by atoms with Gasteiger partial charge >= 0.3 is 5.97 Å². The van der Waals surface area contributed by atoms with E-state index in [1.54, 1.807) is 0 Å². The van der Waals surface area contributed by atoms with Gasteiger partial charge in [-0.25, -0.2) is 4.79 Å². The summed E-state index contributed by atoms with van der Waals surface area (Å²) >= 11 is 0. The van der Waals surface area contributed by atoms with Crippen molar-refractivity contribution < 1.29 is 14.6 Å². The van der Waals surface area contributed by atoms with Crippen LogP contribution in [0.5, 0.6) is 0 Å². The molecule has 0 heterocycles. The minimum absolute atomic E-state index is 0.143. The van der Waals surface area contributed by atoms with Gasteiger partial charge < -0.3 is 9.84 Å². The molecular formula is C12H22O3. The Morgan fingerprint density at radius 3 is 2.67 bits per heavy atom. The fraction of sp³-hybridized carbons (Fsp3) is 0.917. The third-order valence-corrected chi connectivity index (χ3v) is 3.38. The Morgan fingerprint density at radius 1 is 1.47 bits per heavy atom. The predicted octanol–water partition coefficient (Wildman–Crippen LogP) is 2.55. The lowest BCUT2D eigenvalue weighted by atomic mass is 9.75. The molecule has 1 saturated carbocycles. The first-order chi connectivity index (χ1) is 7.00. The Morgan fingerprint density at radius 2 is 2.13 bits per heavy atom. The van der Waals surface area contributed by atoms with Crippen LogP contribution in [0.4, 0.5) is 0 Å². The van der Waals surface area contributed by atoms with E-state index in [1.165, 1.54) is 12.8 Å².